The van der Waals surface area contributed by atoms with Gasteiger partial charge in [0.05, 0.1) is 19.1 Å². The Morgan fingerprint density at radius 1 is 0.949 bits per heavy atom. The number of sulfonamides is 1. The summed E-state index contributed by atoms with van der Waals surface area (Å²) < 4.78 is 31.8. The van der Waals surface area contributed by atoms with E-state index in [0.717, 1.165) is 16.1 Å². The Labute approximate surface area is 235 Å². The summed E-state index contributed by atoms with van der Waals surface area (Å²) >= 11 is 6.22. The fourth-order valence-electron chi connectivity index (χ4n) is 4.13. The van der Waals surface area contributed by atoms with Gasteiger partial charge in [0.25, 0.3) is 0 Å². The van der Waals surface area contributed by atoms with Gasteiger partial charge < -0.3 is 15.0 Å². The zero-order valence-electron chi connectivity index (χ0n) is 22.5. The van der Waals surface area contributed by atoms with Crippen LogP contribution in [-0.4, -0.2) is 57.1 Å². The molecule has 39 heavy (non-hydrogen) atoms. The molecule has 1 N–H and O–H groups in total. The number of benzene rings is 3. The zero-order valence-corrected chi connectivity index (χ0v) is 24.1. The van der Waals surface area contributed by atoms with E-state index in [-0.39, 0.29) is 24.9 Å². The molecular formula is C29H34ClN3O5S. The molecule has 0 radical (unpaired) electrons. The van der Waals surface area contributed by atoms with Gasteiger partial charge in [0, 0.05) is 24.0 Å². The Morgan fingerprint density at radius 3 is 2.15 bits per heavy atom. The van der Waals surface area contributed by atoms with Gasteiger partial charge in [-0.1, -0.05) is 54.1 Å². The number of amides is 2. The number of rotatable bonds is 12. The second-order valence-corrected chi connectivity index (χ2v) is 11.8. The molecule has 0 heterocycles. The first-order chi connectivity index (χ1) is 18.5. The van der Waals surface area contributed by atoms with E-state index in [2.05, 4.69) is 5.32 Å². The Hall–Kier alpha value is -3.56. The number of anilines is 1. The quantitative estimate of drug-likeness (QED) is 0.350. The molecule has 3 rings (SSSR count). The van der Waals surface area contributed by atoms with Crippen molar-refractivity contribution in [3.8, 4) is 5.75 Å². The van der Waals surface area contributed by atoms with Crippen LogP contribution < -0.4 is 14.4 Å². The van der Waals surface area contributed by atoms with Gasteiger partial charge in [-0.2, -0.15) is 0 Å². The number of hydrogen-bond donors (Lipinski definition) is 1. The summed E-state index contributed by atoms with van der Waals surface area (Å²) in [7, 11) is -2.34. The highest BCUT2D eigenvalue weighted by Crippen LogP contribution is 2.23. The minimum Gasteiger partial charge on any atom is -0.497 e. The predicted molar refractivity (Wildman–Crippen MR) is 154 cm³/mol. The summed E-state index contributed by atoms with van der Waals surface area (Å²) in [5.74, 6) is -0.315. The van der Waals surface area contributed by atoms with E-state index < -0.39 is 28.5 Å². The van der Waals surface area contributed by atoms with E-state index in [1.807, 2.05) is 50.2 Å². The van der Waals surface area contributed by atoms with Gasteiger partial charge in [0.2, 0.25) is 21.8 Å². The van der Waals surface area contributed by atoms with Crippen molar-refractivity contribution in [1.82, 2.24) is 10.2 Å². The van der Waals surface area contributed by atoms with Crippen LogP contribution in [0.1, 0.15) is 25.0 Å². The van der Waals surface area contributed by atoms with E-state index in [9.17, 15) is 18.0 Å². The fourth-order valence-corrected chi connectivity index (χ4v) is 5.19. The first kappa shape index (κ1) is 30.0. The normalized spacial score (nSPS) is 12.1. The van der Waals surface area contributed by atoms with E-state index >= 15 is 0 Å². The molecule has 0 bridgehead atoms. The molecule has 0 spiro atoms. The van der Waals surface area contributed by atoms with Gasteiger partial charge in [-0.15, -0.1) is 0 Å². The number of carbonyl (C=O) groups is 2. The lowest BCUT2D eigenvalue weighted by Crippen LogP contribution is -2.54. The summed E-state index contributed by atoms with van der Waals surface area (Å²) in [6, 6.07) is 21.7. The highest BCUT2D eigenvalue weighted by molar-refractivity contribution is 7.92. The third kappa shape index (κ3) is 8.73. The molecule has 0 saturated heterocycles. The molecule has 0 aliphatic carbocycles. The first-order valence-electron chi connectivity index (χ1n) is 12.5. The molecule has 8 nitrogen and oxygen atoms in total. The Kier molecular flexibility index (Phi) is 10.4. The zero-order chi connectivity index (χ0) is 28.6. The smallest absolute Gasteiger partial charge is 0.244 e. The average Bonchev–Trinajstić information content (AvgIpc) is 2.89. The maximum atomic E-state index is 14.0. The molecule has 2 amide bonds. The van der Waals surface area contributed by atoms with Crippen molar-refractivity contribution >= 4 is 39.1 Å². The molecular weight excluding hydrogens is 538 g/mol. The third-order valence-corrected chi connectivity index (χ3v) is 7.36. The van der Waals surface area contributed by atoms with Crippen molar-refractivity contribution < 1.29 is 22.7 Å². The summed E-state index contributed by atoms with van der Waals surface area (Å²) in [6.45, 7) is 3.25. The third-order valence-electron chi connectivity index (χ3n) is 5.98. The van der Waals surface area contributed by atoms with Crippen LogP contribution in [0.2, 0.25) is 5.02 Å². The molecule has 3 aromatic carbocycles. The monoisotopic (exact) mass is 571 g/mol. The second-order valence-electron chi connectivity index (χ2n) is 9.49. The lowest BCUT2D eigenvalue weighted by Gasteiger charge is -2.34. The average molecular weight is 572 g/mol. The molecule has 0 saturated carbocycles. The molecule has 0 fully saturated rings. The molecule has 0 aliphatic rings. The van der Waals surface area contributed by atoms with E-state index in [0.29, 0.717) is 22.0 Å². The van der Waals surface area contributed by atoms with Crippen molar-refractivity contribution in [3.05, 3.63) is 95.0 Å². The van der Waals surface area contributed by atoms with Crippen LogP contribution in [0, 0.1) is 0 Å². The van der Waals surface area contributed by atoms with Crippen molar-refractivity contribution in [2.24, 2.45) is 0 Å². The number of methoxy groups -OCH3 is 1. The summed E-state index contributed by atoms with van der Waals surface area (Å²) in [6.07, 6.45) is 1.28. The van der Waals surface area contributed by atoms with Gasteiger partial charge in [0.15, 0.2) is 0 Å². The maximum absolute atomic E-state index is 14.0. The molecule has 1 unspecified atom stereocenters. The van der Waals surface area contributed by atoms with Crippen molar-refractivity contribution in [3.63, 3.8) is 0 Å². The van der Waals surface area contributed by atoms with Crippen LogP contribution in [0.3, 0.4) is 0 Å². The Bertz CT molecular complexity index is 1370. The van der Waals surface area contributed by atoms with Crippen LogP contribution in [0.4, 0.5) is 5.69 Å². The lowest BCUT2D eigenvalue weighted by molar-refractivity contribution is -0.140. The standard InChI is InChI=1S/C29H34ClN3O5S/c1-21(2)31-29(35)27(18-22-9-6-5-7-10-22)32(19-23-11-8-12-24(30)17-23)28(34)20-33(39(4,36)37)25-13-15-26(38-3)16-14-25/h5-17,21,27H,18-20H2,1-4H3,(H,31,35). The number of halogens is 1. The summed E-state index contributed by atoms with van der Waals surface area (Å²) in [5, 5.41) is 3.41. The number of nitrogens with zero attached hydrogens (tertiary/aromatic N) is 2. The highest BCUT2D eigenvalue weighted by atomic mass is 35.5. The number of ether oxygens (including phenoxy) is 1. The molecule has 1 atom stereocenters. The number of hydrogen-bond acceptors (Lipinski definition) is 5. The topological polar surface area (TPSA) is 96.0 Å². The summed E-state index contributed by atoms with van der Waals surface area (Å²) in [5.41, 5.74) is 1.88. The first-order valence-corrected chi connectivity index (χ1v) is 14.7. The minimum absolute atomic E-state index is 0.0582. The Balaban J connectivity index is 2.04. The van der Waals surface area contributed by atoms with E-state index in [4.69, 9.17) is 16.3 Å². The van der Waals surface area contributed by atoms with Crippen LogP contribution in [0.15, 0.2) is 78.9 Å². The lowest BCUT2D eigenvalue weighted by atomic mass is 10.0. The Morgan fingerprint density at radius 2 is 1.59 bits per heavy atom. The summed E-state index contributed by atoms with van der Waals surface area (Å²) in [4.78, 5) is 28.9. The molecule has 10 heteroatoms. The van der Waals surface area contributed by atoms with Crippen molar-refractivity contribution in [2.75, 3.05) is 24.2 Å². The molecule has 0 aliphatic heterocycles. The van der Waals surface area contributed by atoms with Gasteiger partial charge in [-0.05, 0) is 61.4 Å². The highest BCUT2D eigenvalue weighted by Gasteiger charge is 2.33. The van der Waals surface area contributed by atoms with Crippen LogP contribution in [0.25, 0.3) is 0 Å². The minimum atomic E-state index is -3.85. The molecule has 3 aromatic rings. The molecule has 0 aromatic heterocycles. The number of nitrogens with one attached hydrogen (secondary N) is 1. The van der Waals surface area contributed by atoms with Crippen LogP contribution in [-0.2, 0) is 32.6 Å². The second kappa shape index (κ2) is 13.5. The van der Waals surface area contributed by atoms with Gasteiger partial charge in [-0.3, -0.25) is 13.9 Å². The van der Waals surface area contributed by atoms with Crippen LogP contribution >= 0.6 is 11.6 Å². The van der Waals surface area contributed by atoms with Gasteiger partial charge >= 0.3 is 0 Å². The van der Waals surface area contributed by atoms with Crippen molar-refractivity contribution in [1.29, 1.82) is 0 Å². The van der Waals surface area contributed by atoms with E-state index in [1.54, 1.807) is 42.5 Å². The van der Waals surface area contributed by atoms with E-state index in [1.165, 1.54) is 12.0 Å². The van der Waals surface area contributed by atoms with Gasteiger partial charge in [0.1, 0.15) is 18.3 Å². The van der Waals surface area contributed by atoms with Crippen LogP contribution in [0.5, 0.6) is 5.75 Å². The maximum Gasteiger partial charge on any atom is 0.244 e. The predicted octanol–water partition coefficient (Wildman–Crippen LogP) is 4.28. The SMILES string of the molecule is COc1ccc(N(CC(=O)N(Cc2cccc(Cl)c2)C(Cc2ccccc2)C(=O)NC(C)C)S(C)(=O)=O)cc1. The largest absolute Gasteiger partial charge is 0.497 e. The fraction of sp³-hybridized carbons (Fsp3) is 0.310. The van der Waals surface area contributed by atoms with Gasteiger partial charge in [-0.25, -0.2) is 8.42 Å². The molecule has 208 valence electrons. The van der Waals surface area contributed by atoms with Crippen molar-refractivity contribution in [2.45, 2.75) is 38.9 Å². The number of carbonyl (C=O) groups excluding carboxylic acids is 2.